The van der Waals surface area contributed by atoms with Gasteiger partial charge in [0, 0.05) is 12.6 Å². The molecule has 0 saturated heterocycles. The fourth-order valence-corrected chi connectivity index (χ4v) is 2.87. The molecular weight excluding hydrogens is 330 g/mol. The summed E-state index contributed by atoms with van der Waals surface area (Å²) in [6.07, 6.45) is 1.50. The predicted molar refractivity (Wildman–Crippen MR) is 103 cm³/mol. The summed E-state index contributed by atoms with van der Waals surface area (Å²) in [5.74, 6) is 1.03. The second-order valence-corrected chi connectivity index (χ2v) is 6.21. The summed E-state index contributed by atoms with van der Waals surface area (Å²) < 4.78 is 16.2. The Labute approximate surface area is 152 Å². The quantitative estimate of drug-likeness (QED) is 0.672. The highest BCUT2D eigenvalue weighted by Gasteiger charge is 2.14. The minimum atomic E-state index is -0.0920. The molecule has 3 aromatic rings. The van der Waals surface area contributed by atoms with Crippen molar-refractivity contribution in [1.82, 2.24) is 4.90 Å². The Balaban J connectivity index is 2.03. The van der Waals surface area contributed by atoms with E-state index in [2.05, 4.69) is 18.9 Å². The lowest BCUT2D eigenvalue weighted by molar-refractivity contribution is 0.346. The van der Waals surface area contributed by atoms with Crippen LogP contribution in [0, 0.1) is 0 Å². The standard InChI is InChI=1S/C21H23NO4/c1-5-22(2)12-14-6-8-15(9-7-14)17-13-26-18-11-20(25-4)19(24-3)10-16(18)21(17)23/h6-11,13H,5,12H2,1-4H3. The van der Waals surface area contributed by atoms with Gasteiger partial charge in [-0.05, 0) is 30.8 Å². The summed E-state index contributed by atoms with van der Waals surface area (Å²) in [5, 5.41) is 0.468. The summed E-state index contributed by atoms with van der Waals surface area (Å²) in [5.41, 5.74) is 2.94. The van der Waals surface area contributed by atoms with Crippen LogP contribution in [0.3, 0.4) is 0 Å². The Hall–Kier alpha value is -2.79. The van der Waals surface area contributed by atoms with E-state index in [4.69, 9.17) is 13.9 Å². The van der Waals surface area contributed by atoms with Crippen molar-refractivity contribution in [3.8, 4) is 22.6 Å². The first-order chi connectivity index (χ1) is 12.6. The fraction of sp³-hybridized carbons (Fsp3) is 0.286. The van der Waals surface area contributed by atoms with Crippen LogP contribution in [0.2, 0.25) is 0 Å². The normalized spacial score (nSPS) is 11.1. The highest BCUT2D eigenvalue weighted by atomic mass is 16.5. The van der Waals surface area contributed by atoms with Gasteiger partial charge < -0.3 is 18.8 Å². The number of hydrogen-bond donors (Lipinski definition) is 0. The van der Waals surface area contributed by atoms with Crippen LogP contribution in [0.1, 0.15) is 12.5 Å². The van der Waals surface area contributed by atoms with Gasteiger partial charge in [-0.15, -0.1) is 0 Å². The molecule has 0 unspecified atom stereocenters. The molecule has 0 radical (unpaired) electrons. The van der Waals surface area contributed by atoms with Gasteiger partial charge in [0.25, 0.3) is 0 Å². The molecule has 0 bridgehead atoms. The summed E-state index contributed by atoms with van der Waals surface area (Å²) in [6, 6.07) is 11.3. The van der Waals surface area contributed by atoms with Crippen LogP contribution in [0.4, 0.5) is 0 Å². The van der Waals surface area contributed by atoms with E-state index in [0.29, 0.717) is 28.0 Å². The molecule has 1 heterocycles. The van der Waals surface area contributed by atoms with Crippen molar-refractivity contribution in [3.05, 3.63) is 58.4 Å². The van der Waals surface area contributed by atoms with Crippen molar-refractivity contribution < 1.29 is 13.9 Å². The average Bonchev–Trinajstić information content (AvgIpc) is 2.68. The highest BCUT2D eigenvalue weighted by molar-refractivity contribution is 5.84. The van der Waals surface area contributed by atoms with E-state index in [-0.39, 0.29) is 5.43 Å². The Bertz CT molecular complexity index is 960. The molecule has 5 heteroatoms. The van der Waals surface area contributed by atoms with Gasteiger partial charge in [-0.25, -0.2) is 0 Å². The third-order valence-corrected chi connectivity index (χ3v) is 4.54. The molecule has 0 N–H and O–H groups in total. The van der Waals surface area contributed by atoms with E-state index in [0.717, 1.165) is 18.7 Å². The summed E-state index contributed by atoms with van der Waals surface area (Å²) in [4.78, 5) is 15.2. The molecule has 2 aromatic carbocycles. The Kier molecular flexibility index (Phi) is 5.28. The first kappa shape index (κ1) is 18.0. The molecule has 0 fully saturated rings. The van der Waals surface area contributed by atoms with Crippen molar-refractivity contribution in [3.63, 3.8) is 0 Å². The molecule has 0 saturated carbocycles. The Morgan fingerprint density at radius 2 is 1.69 bits per heavy atom. The zero-order valence-electron chi connectivity index (χ0n) is 15.5. The van der Waals surface area contributed by atoms with Crippen LogP contribution in [-0.2, 0) is 6.54 Å². The third kappa shape index (κ3) is 3.44. The Morgan fingerprint density at radius 3 is 2.31 bits per heavy atom. The largest absolute Gasteiger partial charge is 0.493 e. The van der Waals surface area contributed by atoms with Gasteiger partial charge in [0.15, 0.2) is 11.5 Å². The van der Waals surface area contributed by atoms with Crippen molar-refractivity contribution >= 4 is 11.0 Å². The minimum Gasteiger partial charge on any atom is -0.493 e. The SMILES string of the molecule is CCN(C)Cc1ccc(-c2coc3cc(OC)c(OC)cc3c2=O)cc1. The van der Waals surface area contributed by atoms with E-state index in [9.17, 15) is 4.79 Å². The van der Waals surface area contributed by atoms with Gasteiger partial charge >= 0.3 is 0 Å². The lowest BCUT2D eigenvalue weighted by atomic mass is 10.0. The molecule has 26 heavy (non-hydrogen) atoms. The molecule has 0 aliphatic rings. The van der Waals surface area contributed by atoms with Crippen LogP contribution in [0.25, 0.3) is 22.1 Å². The van der Waals surface area contributed by atoms with Gasteiger partial charge in [0.05, 0.1) is 25.2 Å². The number of nitrogens with zero attached hydrogens (tertiary/aromatic N) is 1. The number of ether oxygens (including phenoxy) is 2. The maximum Gasteiger partial charge on any atom is 0.200 e. The summed E-state index contributed by atoms with van der Waals surface area (Å²) in [7, 11) is 5.17. The number of fused-ring (bicyclic) bond motifs is 1. The predicted octanol–water partition coefficient (Wildman–Crippen LogP) is 3.93. The van der Waals surface area contributed by atoms with E-state index in [1.807, 2.05) is 24.3 Å². The fourth-order valence-electron chi connectivity index (χ4n) is 2.87. The van der Waals surface area contributed by atoms with Crippen molar-refractivity contribution in [2.45, 2.75) is 13.5 Å². The van der Waals surface area contributed by atoms with Crippen molar-refractivity contribution in [2.75, 3.05) is 27.8 Å². The maximum atomic E-state index is 12.9. The molecule has 136 valence electrons. The summed E-state index contributed by atoms with van der Waals surface area (Å²) in [6.45, 7) is 3.99. The van der Waals surface area contributed by atoms with Crippen LogP contribution < -0.4 is 14.9 Å². The van der Waals surface area contributed by atoms with Gasteiger partial charge in [-0.1, -0.05) is 31.2 Å². The van der Waals surface area contributed by atoms with Gasteiger partial charge in [-0.2, -0.15) is 0 Å². The first-order valence-corrected chi connectivity index (χ1v) is 8.52. The van der Waals surface area contributed by atoms with Crippen LogP contribution in [0.15, 0.2) is 51.9 Å². The number of benzene rings is 2. The number of rotatable bonds is 6. The first-order valence-electron chi connectivity index (χ1n) is 8.52. The van der Waals surface area contributed by atoms with E-state index in [1.54, 1.807) is 26.4 Å². The molecule has 0 spiro atoms. The topological polar surface area (TPSA) is 51.9 Å². The van der Waals surface area contributed by atoms with Crippen LogP contribution in [-0.4, -0.2) is 32.7 Å². The molecule has 5 nitrogen and oxygen atoms in total. The second-order valence-electron chi connectivity index (χ2n) is 6.21. The van der Waals surface area contributed by atoms with Gasteiger partial charge in [-0.3, -0.25) is 4.79 Å². The molecule has 0 aliphatic carbocycles. The molecule has 0 aliphatic heterocycles. The van der Waals surface area contributed by atoms with E-state index < -0.39 is 0 Å². The average molecular weight is 353 g/mol. The second kappa shape index (κ2) is 7.62. The highest BCUT2D eigenvalue weighted by Crippen LogP contribution is 2.32. The molecule has 1 aromatic heterocycles. The molecular formula is C21H23NO4. The smallest absolute Gasteiger partial charge is 0.200 e. The number of hydrogen-bond acceptors (Lipinski definition) is 5. The maximum absolute atomic E-state index is 12.9. The van der Waals surface area contributed by atoms with Gasteiger partial charge in [0.1, 0.15) is 11.8 Å². The molecule has 0 amide bonds. The van der Waals surface area contributed by atoms with Crippen LogP contribution >= 0.6 is 0 Å². The zero-order valence-corrected chi connectivity index (χ0v) is 15.5. The summed E-state index contributed by atoms with van der Waals surface area (Å²) >= 11 is 0. The monoisotopic (exact) mass is 353 g/mol. The van der Waals surface area contributed by atoms with E-state index in [1.165, 1.54) is 11.8 Å². The minimum absolute atomic E-state index is 0.0920. The lowest BCUT2D eigenvalue weighted by Crippen LogP contribution is -2.16. The zero-order chi connectivity index (χ0) is 18.7. The molecule has 3 rings (SSSR count). The Morgan fingerprint density at radius 1 is 1.04 bits per heavy atom. The number of methoxy groups -OCH3 is 2. The lowest BCUT2D eigenvalue weighted by Gasteiger charge is -2.14. The van der Waals surface area contributed by atoms with Crippen molar-refractivity contribution in [1.29, 1.82) is 0 Å². The van der Waals surface area contributed by atoms with Crippen molar-refractivity contribution in [2.24, 2.45) is 0 Å². The van der Waals surface area contributed by atoms with E-state index >= 15 is 0 Å². The molecule has 0 atom stereocenters. The third-order valence-electron chi connectivity index (χ3n) is 4.54. The van der Waals surface area contributed by atoms with Gasteiger partial charge in [0.2, 0.25) is 5.43 Å². The van der Waals surface area contributed by atoms with Crippen LogP contribution in [0.5, 0.6) is 11.5 Å².